The summed E-state index contributed by atoms with van der Waals surface area (Å²) in [6, 6.07) is 7.86. The van der Waals surface area contributed by atoms with Crippen molar-refractivity contribution < 1.29 is 14.6 Å². The number of benzene rings is 1. The van der Waals surface area contributed by atoms with Gasteiger partial charge in [-0.05, 0) is 56.7 Å². The van der Waals surface area contributed by atoms with Crippen LogP contribution in [0.15, 0.2) is 24.3 Å². The van der Waals surface area contributed by atoms with Crippen molar-refractivity contribution in [2.45, 2.75) is 51.7 Å². The molecule has 1 aliphatic heterocycles. The van der Waals surface area contributed by atoms with Crippen LogP contribution in [0.1, 0.15) is 39.2 Å². The van der Waals surface area contributed by atoms with E-state index in [1.165, 1.54) is 5.56 Å². The second kappa shape index (κ2) is 7.88. The Labute approximate surface area is 145 Å². The molecule has 0 bridgehead atoms. The summed E-state index contributed by atoms with van der Waals surface area (Å²) in [6.07, 6.45) is 2.71. The largest absolute Gasteiger partial charge is 0.497 e. The molecule has 1 aromatic carbocycles. The molecule has 2 N–H and O–H groups in total. The average Bonchev–Trinajstić information content (AvgIpc) is 3.03. The highest BCUT2D eigenvalue weighted by atomic mass is 16.5. The van der Waals surface area contributed by atoms with Gasteiger partial charge in [0.1, 0.15) is 5.75 Å². The topological polar surface area (TPSA) is 61.8 Å². The normalized spacial score (nSPS) is 19.2. The molecule has 1 fully saturated rings. The number of nitrogens with one attached hydrogen (secondary N) is 1. The highest BCUT2D eigenvalue weighted by molar-refractivity contribution is 5.75. The van der Waals surface area contributed by atoms with Gasteiger partial charge in [-0.3, -0.25) is 0 Å². The molecular formula is C19H30N2O3. The van der Waals surface area contributed by atoms with Gasteiger partial charge in [-0.25, -0.2) is 4.79 Å². The van der Waals surface area contributed by atoms with Crippen LogP contribution in [0.2, 0.25) is 0 Å². The summed E-state index contributed by atoms with van der Waals surface area (Å²) >= 11 is 0. The van der Waals surface area contributed by atoms with Crippen LogP contribution >= 0.6 is 0 Å². The van der Waals surface area contributed by atoms with Crippen molar-refractivity contribution in [1.82, 2.24) is 10.2 Å². The Bertz CT molecular complexity index is 537. The smallest absolute Gasteiger partial charge is 0.317 e. The van der Waals surface area contributed by atoms with Crippen LogP contribution in [-0.4, -0.2) is 47.9 Å². The van der Waals surface area contributed by atoms with E-state index in [1.807, 2.05) is 12.1 Å². The number of carbonyl (C=O) groups excluding carboxylic acids is 1. The molecule has 1 aromatic rings. The molecule has 1 aliphatic rings. The molecule has 2 atom stereocenters. The third kappa shape index (κ3) is 4.87. The number of ether oxygens (including phenoxy) is 1. The molecule has 0 aliphatic carbocycles. The molecule has 134 valence electrons. The lowest BCUT2D eigenvalue weighted by Crippen LogP contribution is -2.52. The molecule has 1 saturated heterocycles. The first-order chi connectivity index (χ1) is 11.3. The number of carbonyl (C=O) groups is 1. The Morgan fingerprint density at radius 3 is 2.67 bits per heavy atom. The third-order valence-corrected chi connectivity index (χ3v) is 4.67. The molecule has 0 aromatic heterocycles. The number of likely N-dealkylation sites (tertiary alicyclic amines) is 1. The number of rotatable bonds is 6. The number of amides is 2. The van der Waals surface area contributed by atoms with Gasteiger partial charge in [0, 0.05) is 13.1 Å². The van der Waals surface area contributed by atoms with Gasteiger partial charge in [0.25, 0.3) is 0 Å². The lowest BCUT2D eigenvalue weighted by molar-refractivity contribution is 0.00975. The number of aliphatic hydroxyl groups is 1. The minimum absolute atomic E-state index is 0.0683. The van der Waals surface area contributed by atoms with Gasteiger partial charge >= 0.3 is 6.03 Å². The summed E-state index contributed by atoms with van der Waals surface area (Å²) < 4.78 is 5.16. The van der Waals surface area contributed by atoms with E-state index in [0.29, 0.717) is 19.0 Å². The molecule has 2 rings (SSSR count). The Balaban J connectivity index is 1.82. The van der Waals surface area contributed by atoms with Crippen LogP contribution in [0.5, 0.6) is 5.75 Å². The van der Waals surface area contributed by atoms with E-state index in [0.717, 1.165) is 25.0 Å². The van der Waals surface area contributed by atoms with Crippen LogP contribution < -0.4 is 10.1 Å². The number of methoxy groups -OCH3 is 1. The van der Waals surface area contributed by atoms with Gasteiger partial charge in [-0.15, -0.1) is 0 Å². The molecule has 24 heavy (non-hydrogen) atoms. The van der Waals surface area contributed by atoms with Crippen molar-refractivity contribution >= 4 is 6.03 Å². The summed E-state index contributed by atoms with van der Waals surface area (Å²) in [5, 5.41) is 13.2. The molecule has 0 radical (unpaired) electrons. The Kier molecular flexibility index (Phi) is 6.10. The molecule has 5 heteroatoms. The van der Waals surface area contributed by atoms with Crippen molar-refractivity contribution in [3.05, 3.63) is 29.8 Å². The second-order valence-corrected chi connectivity index (χ2v) is 7.35. The minimum Gasteiger partial charge on any atom is -0.497 e. The summed E-state index contributed by atoms with van der Waals surface area (Å²) in [4.78, 5) is 14.2. The molecule has 0 saturated carbocycles. The fourth-order valence-electron chi connectivity index (χ4n) is 3.34. The quantitative estimate of drug-likeness (QED) is 0.841. The Hall–Kier alpha value is -1.75. The number of hydrogen-bond acceptors (Lipinski definition) is 3. The van der Waals surface area contributed by atoms with Crippen molar-refractivity contribution in [3.63, 3.8) is 0 Å². The van der Waals surface area contributed by atoms with E-state index in [1.54, 1.807) is 25.9 Å². The Morgan fingerprint density at radius 1 is 1.42 bits per heavy atom. The molecule has 2 amide bonds. The van der Waals surface area contributed by atoms with E-state index in [-0.39, 0.29) is 12.1 Å². The fraction of sp³-hybridized carbons (Fsp3) is 0.632. The highest BCUT2D eigenvalue weighted by Gasteiger charge is 2.38. The second-order valence-electron chi connectivity index (χ2n) is 7.35. The highest BCUT2D eigenvalue weighted by Crippen LogP contribution is 2.26. The predicted molar refractivity (Wildman–Crippen MR) is 95.3 cm³/mol. The zero-order valence-corrected chi connectivity index (χ0v) is 15.2. The molecule has 1 heterocycles. The van der Waals surface area contributed by atoms with Gasteiger partial charge in [-0.1, -0.05) is 19.1 Å². The predicted octanol–water partition coefficient (Wildman–Crippen LogP) is 2.82. The summed E-state index contributed by atoms with van der Waals surface area (Å²) in [7, 11) is 1.66. The van der Waals surface area contributed by atoms with E-state index in [4.69, 9.17) is 4.74 Å². The maximum Gasteiger partial charge on any atom is 0.317 e. The van der Waals surface area contributed by atoms with Crippen LogP contribution in [0.4, 0.5) is 4.79 Å². The van der Waals surface area contributed by atoms with Gasteiger partial charge < -0.3 is 20.1 Å². The summed E-state index contributed by atoms with van der Waals surface area (Å²) in [6.45, 7) is 7.01. The number of hydrogen-bond donors (Lipinski definition) is 2. The first-order valence-electron chi connectivity index (χ1n) is 8.71. The lowest BCUT2D eigenvalue weighted by Gasteiger charge is -2.34. The van der Waals surface area contributed by atoms with E-state index < -0.39 is 5.60 Å². The molecule has 5 nitrogen and oxygen atoms in total. The maximum atomic E-state index is 12.4. The average molecular weight is 334 g/mol. The Morgan fingerprint density at radius 2 is 2.08 bits per heavy atom. The molecular weight excluding hydrogens is 304 g/mol. The van der Waals surface area contributed by atoms with Crippen LogP contribution in [0.25, 0.3) is 0 Å². The molecule has 0 unspecified atom stereocenters. The van der Waals surface area contributed by atoms with Crippen LogP contribution in [-0.2, 0) is 6.42 Å². The van der Waals surface area contributed by atoms with E-state index in [9.17, 15) is 9.90 Å². The first-order valence-corrected chi connectivity index (χ1v) is 8.71. The van der Waals surface area contributed by atoms with E-state index >= 15 is 0 Å². The standard InChI is InChI=1S/C19H30N2O3/c1-14(12-15-7-9-16(24-4)10-8-15)13-20-18(22)21-11-5-6-17(21)19(2,3)23/h7-10,14,17,23H,5-6,11-13H2,1-4H3,(H,20,22)/t14-,17-/m0/s1. The van der Waals surface area contributed by atoms with Crippen molar-refractivity contribution in [3.8, 4) is 5.75 Å². The number of nitrogens with zero attached hydrogens (tertiary/aromatic N) is 1. The third-order valence-electron chi connectivity index (χ3n) is 4.67. The van der Waals surface area contributed by atoms with Crippen LogP contribution in [0.3, 0.4) is 0 Å². The number of urea groups is 1. The molecule has 0 spiro atoms. The fourth-order valence-corrected chi connectivity index (χ4v) is 3.34. The zero-order chi connectivity index (χ0) is 17.7. The van der Waals surface area contributed by atoms with Crippen LogP contribution in [0, 0.1) is 5.92 Å². The van der Waals surface area contributed by atoms with Gasteiger partial charge in [-0.2, -0.15) is 0 Å². The SMILES string of the molecule is COc1ccc(C[C@H](C)CNC(=O)N2CCC[C@H]2C(C)(C)O)cc1. The summed E-state index contributed by atoms with van der Waals surface area (Å²) in [5.74, 6) is 1.19. The van der Waals surface area contributed by atoms with Gasteiger partial charge in [0.05, 0.1) is 18.8 Å². The maximum absolute atomic E-state index is 12.4. The van der Waals surface area contributed by atoms with Gasteiger partial charge in [0.2, 0.25) is 0 Å². The van der Waals surface area contributed by atoms with Crippen molar-refractivity contribution in [1.29, 1.82) is 0 Å². The monoisotopic (exact) mass is 334 g/mol. The van der Waals surface area contributed by atoms with Crippen molar-refractivity contribution in [2.75, 3.05) is 20.2 Å². The summed E-state index contributed by atoms with van der Waals surface area (Å²) in [5.41, 5.74) is 0.371. The lowest BCUT2D eigenvalue weighted by atomic mass is 9.97. The van der Waals surface area contributed by atoms with Crippen molar-refractivity contribution in [2.24, 2.45) is 5.92 Å². The van der Waals surface area contributed by atoms with Gasteiger partial charge in [0.15, 0.2) is 0 Å². The first kappa shape index (κ1) is 18.6. The minimum atomic E-state index is -0.859. The van der Waals surface area contributed by atoms with E-state index in [2.05, 4.69) is 24.4 Å². The zero-order valence-electron chi connectivity index (χ0n) is 15.2.